The Morgan fingerprint density at radius 1 is 1.15 bits per heavy atom. The summed E-state index contributed by atoms with van der Waals surface area (Å²) in [5.41, 5.74) is 5.40. The first kappa shape index (κ1) is 25.3. The summed E-state index contributed by atoms with van der Waals surface area (Å²) in [5, 5.41) is 31.6. The van der Waals surface area contributed by atoms with E-state index in [1.54, 1.807) is 0 Å². The highest BCUT2D eigenvalue weighted by atomic mass is 16.3. The van der Waals surface area contributed by atoms with E-state index in [1.807, 2.05) is 39.8 Å². The molecule has 33 heavy (non-hydrogen) atoms. The Balaban J connectivity index is 1.70. The minimum atomic E-state index is -0.729. The maximum absolute atomic E-state index is 10.7. The van der Waals surface area contributed by atoms with Crippen LogP contribution in [0.4, 0.5) is 0 Å². The number of hydrogen-bond acceptors (Lipinski definition) is 3. The van der Waals surface area contributed by atoms with E-state index >= 15 is 0 Å². The van der Waals surface area contributed by atoms with Gasteiger partial charge in [0.2, 0.25) is 0 Å². The third kappa shape index (κ3) is 5.42. The van der Waals surface area contributed by atoms with Gasteiger partial charge in [-0.25, -0.2) is 0 Å². The van der Waals surface area contributed by atoms with E-state index in [0.29, 0.717) is 25.0 Å². The van der Waals surface area contributed by atoms with Gasteiger partial charge in [0, 0.05) is 0 Å². The summed E-state index contributed by atoms with van der Waals surface area (Å²) < 4.78 is 0. The van der Waals surface area contributed by atoms with Crippen LogP contribution in [0.2, 0.25) is 0 Å². The zero-order chi connectivity index (χ0) is 24.2. The average molecular weight is 449 g/mol. The van der Waals surface area contributed by atoms with E-state index in [4.69, 9.17) is 0 Å². The molecule has 3 N–H and O–H groups in total. The molecule has 3 heteroatoms. The Bertz CT molecular complexity index is 1010. The number of allylic oxidation sites excluding steroid dienone is 6. The zero-order valence-electron chi connectivity index (χ0n) is 20.9. The molecule has 178 valence electrons. The highest BCUT2D eigenvalue weighted by Gasteiger charge is 2.44. The maximum Gasteiger partial charge on any atom is 0.105 e. The van der Waals surface area contributed by atoms with E-state index in [0.717, 1.165) is 30.4 Å². The maximum atomic E-state index is 10.7. The van der Waals surface area contributed by atoms with Crippen molar-refractivity contribution in [3.05, 3.63) is 88.3 Å². The second-order valence-electron chi connectivity index (χ2n) is 9.95. The fourth-order valence-corrected chi connectivity index (χ4v) is 4.72. The van der Waals surface area contributed by atoms with Gasteiger partial charge in [0.1, 0.15) is 5.76 Å². The van der Waals surface area contributed by atoms with E-state index < -0.39 is 17.1 Å². The fraction of sp³-hybridized carbons (Fsp3) is 0.467. The van der Waals surface area contributed by atoms with Crippen molar-refractivity contribution in [2.75, 3.05) is 0 Å². The van der Waals surface area contributed by atoms with Crippen LogP contribution in [-0.4, -0.2) is 27.0 Å². The normalized spacial score (nSPS) is 20.8. The lowest BCUT2D eigenvalue weighted by molar-refractivity contribution is 0.0828. The summed E-state index contributed by atoms with van der Waals surface area (Å²) in [7, 11) is 0. The molecule has 3 rings (SSSR count). The lowest BCUT2D eigenvalue weighted by Crippen LogP contribution is -2.27. The van der Waals surface area contributed by atoms with Gasteiger partial charge in [-0.05, 0) is 80.2 Å². The molecule has 0 amide bonds. The fourth-order valence-electron chi connectivity index (χ4n) is 4.72. The molecule has 0 aliphatic heterocycles. The van der Waals surface area contributed by atoms with Crippen molar-refractivity contribution in [2.45, 2.75) is 84.8 Å². The number of aliphatic hydroxyl groups excluding tert-OH is 2. The molecule has 0 fully saturated rings. The lowest BCUT2D eigenvalue weighted by atomic mass is 9.86. The topological polar surface area (TPSA) is 60.7 Å². The summed E-state index contributed by atoms with van der Waals surface area (Å²) in [6.07, 6.45) is 14.5. The molecule has 1 atom stereocenters. The van der Waals surface area contributed by atoms with Gasteiger partial charge >= 0.3 is 0 Å². The monoisotopic (exact) mass is 448 g/mol. The predicted octanol–water partition coefficient (Wildman–Crippen LogP) is 6.99. The molecule has 1 aromatic rings. The van der Waals surface area contributed by atoms with Crippen molar-refractivity contribution in [1.82, 2.24) is 0 Å². The molecule has 0 saturated heterocycles. The van der Waals surface area contributed by atoms with Gasteiger partial charge < -0.3 is 15.3 Å². The predicted molar refractivity (Wildman–Crippen MR) is 138 cm³/mol. The smallest absolute Gasteiger partial charge is 0.105 e. The molecular formula is C30H40O3. The second-order valence-corrected chi connectivity index (χ2v) is 9.95. The minimum absolute atomic E-state index is 0.327. The van der Waals surface area contributed by atoms with Crippen LogP contribution in [0.1, 0.15) is 77.8 Å². The summed E-state index contributed by atoms with van der Waals surface area (Å²) in [6, 6.07) is 8.69. The molecule has 0 aromatic heterocycles. The van der Waals surface area contributed by atoms with Crippen LogP contribution in [0.25, 0.3) is 5.57 Å². The Kier molecular flexibility index (Phi) is 7.87. The van der Waals surface area contributed by atoms with Gasteiger partial charge in [0.05, 0.1) is 17.1 Å². The van der Waals surface area contributed by atoms with Gasteiger partial charge in [0.15, 0.2) is 0 Å². The van der Waals surface area contributed by atoms with Crippen molar-refractivity contribution in [3.63, 3.8) is 0 Å². The van der Waals surface area contributed by atoms with Crippen LogP contribution >= 0.6 is 0 Å². The van der Waals surface area contributed by atoms with Crippen LogP contribution < -0.4 is 0 Å². The number of aryl methyl sites for hydroxylation is 1. The minimum Gasteiger partial charge on any atom is -0.511 e. The SMILES string of the molecule is CC/C(=C\C=C\C(O)(CC)CC)c1cccc(CCC2=CCC3=C(O)C(C)(C)C(O)C3=C2)c1. The van der Waals surface area contributed by atoms with Gasteiger partial charge in [0.25, 0.3) is 0 Å². The summed E-state index contributed by atoms with van der Waals surface area (Å²) in [5.74, 6) is 0.327. The molecule has 0 saturated carbocycles. The first-order valence-corrected chi connectivity index (χ1v) is 12.4. The Hall–Kier alpha value is -2.36. The van der Waals surface area contributed by atoms with E-state index in [9.17, 15) is 15.3 Å². The number of aliphatic hydroxyl groups is 3. The Labute approximate surface area is 199 Å². The number of benzene rings is 1. The number of fused-ring (bicyclic) bond motifs is 1. The summed E-state index contributed by atoms with van der Waals surface area (Å²) >= 11 is 0. The van der Waals surface area contributed by atoms with Gasteiger partial charge in [-0.2, -0.15) is 0 Å². The van der Waals surface area contributed by atoms with E-state index in [-0.39, 0.29) is 0 Å². The first-order valence-electron chi connectivity index (χ1n) is 12.4. The lowest BCUT2D eigenvalue weighted by Gasteiger charge is -2.24. The quantitative estimate of drug-likeness (QED) is 0.357. The highest BCUT2D eigenvalue weighted by molar-refractivity contribution is 5.67. The highest BCUT2D eigenvalue weighted by Crippen LogP contribution is 2.47. The van der Waals surface area contributed by atoms with Crippen LogP contribution in [0.15, 0.2) is 77.1 Å². The van der Waals surface area contributed by atoms with Crippen LogP contribution in [0, 0.1) is 5.41 Å². The summed E-state index contributed by atoms with van der Waals surface area (Å²) in [4.78, 5) is 0. The zero-order valence-corrected chi connectivity index (χ0v) is 20.9. The number of rotatable bonds is 9. The molecule has 2 aliphatic carbocycles. The average Bonchev–Trinajstić information content (AvgIpc) is 3.00. The molecule has 0 radical (unpaired) electrons. The van der Waals surface area contributed by atoms with Crippen LogP contribution in [0.3, 0.4) is 0 Å². The van der Waals surface area contributed by atoms with Gasteiger partial charge in [-0.15, -0.1) is 0 Å². The van der Waals surface area contributed by atoms with Gasteiger partial charge in [-0.3, -0.25) is 0 Å². The Morgan fingerprint density at radius 2 is 1.88 bits per heavy atom. The standard InChI is InChI=1S/C30H40O3/c1-6-23(13-10-18-30(33,7-2)8-3)24-12-9-11-21(19-24)14-15-22-16-17-25-26(20-22)28(32)29(4,5)27(25)31/h9-13,16,18-20,28,31-33H,6-8,14-15,17H2,1-5H3/b18-10+,23-13+. The molecule has 0 spiro atoms. The van der Waals surface area contributed by atoms with Gasteiger partial charge in [-0.1, -0.05) is 81.0 Å². The largest absolute Gasteiger partial charge is 0.511 e. The van der Waals surface area contributed by atoms with E-state index in [2.05, 4.69) is 49.4 Å². The van der Waals surface area contributed by atoms with E-state index in [1.165, 1.54) is 22.3 Å². The molecule has 0 bridgehead atoms. The van der Waals surface area contributed by atoms with Crippen molar-refractivity contribution in [3.8, 4) is 0 Å². The summed E-state index contributed by atoms with van der Waals surface area (Å²) in [6.45, 7) is 9.96. The molecule has 3 nitrogen and oxygen atoms in total. The van der Waals surface area contributed by atoms with Crippen LogP contribution in [0.5, 0.6) is 0 Å². The molecular weight excluding hydrogens is 408 g/mol. The third-order valence-corrected chi connectivity index (χ3v) is 7.44. The third-order valence-electron chi connectivity index (χ3n) is 7.44. The molecule has 2 aliphatic rings. The van der Waals surface area contributed by atoms with Crippen molar-refractivity contribution in [2.24, 2.45) is 5.41 Å². The number of hydrogen-bond donors (Lipinski definition) is 3. The molecule has 1 aromatic carbocycles. The van der Waals surface area contributed by atoms with Crippen molar-refractivity contribution in [1.29, 1.82) is 0 Å². The van der Waals surface area contributed by atoms with Crippen molar-refractivity contribution < 1.29 is 15.3 Å². The molecule has 1 unspecified atom stereocenters. The first-order chi connectivity index (χ1) is 15.6. The van der Waals surface area contributed by atoms with Crippen molar-refractivity contribution >= 4 is 5.57 Å². The Morgan fingerprint density at radius 3 is 2.55 bits per heavy atom. The second kappa shape index (κ2) is 10.3. The van der Waals surface area contributed by atoms with Crippen LogP contribution in [-0.2, 0) is 6.42 Å². The molecule has 0 heterocycles.